The first-order chi connectivity index (χ1) is 22.9. The van der Waals surface area contributed by atoms with E-state index in [-0.39, 0.29) is 66.4 Å². The number of carbonyl (C=O) groups is 3. The number of ether oxygens (including phenoxy) is 3. The number of carbonyl (C=O) groups excluding carboxylic acids is 3. The second-order valence-electron chi connectivity index (χ2n) is 15.3. The third-order valence-electron chi connectivity index (χ3n) is 11.4. The third-order valence-corrected chi connectivity index (χ3v) is 11.4. The van der Waals surface area contributed by atoms with E-state index in [0.717, 1.165) is 30.4 Å². The van der Waals surface area contributed by atoms with Gasteiger partial charge in [-0.05, 0) is 74.8 Å². The van der Waals surface area contributed by atoms with Crippen LogP contribution in [0.25, 0.3) is 0 Å². The molecule has 2 aromatic rings. The van der Waals surface area contributed by atoms with Crippen molar-refractivity contribution in [1.82, 2.24) is 4.90 Å². The van der Waals surface area contributed by atoms with E-state index >= 15 is 0 Å². The maximum absolute atomic E-state index is 14.2. The van der Waals surface area contributed by atoms with Crippen LogP contribution >= 0.6 is 0 Å². The number of amides is 1. The number of nitrogens with zero attached hydrogens (tertiary/aromatic N) is 1. The van der Waals surface area contributed by atoms with Gasteiger partial charge in [0.25, 0.3) is 0 Å². The Morgan fingerprint density at radius 1 is 0.896 bits per heavy atom. The minimum Gasteiger partial charge on any atom is -0.462 e. The lowest BCUT2D eigenvalue weighted by molar-refractivity contribution is -0.184. The van der Waals surface area contributed by atoms with Gasteiger partial charge in [-0.2, -0.15) is 0 Å². The van der Waals surface area contributed by atoms with Crippen LogP contribution in [-0.4, -0.2) is 52.5 Å². The normalized spacial score (nSPS) is 30.5. The first-order valence-corrected chi connectivity index (χ1v) is 18.1. The number of hydrogen-bond donors (Lipinski definition) is 1. The van der Waals surface area contributed by atoms with Gasteiger partial charge < -0.3 is 19.3 Å². The van der Waals surface area contributed by atoms with Gasteiger partial charge in [0.2, 0.25) is 0 Å². The lowest BCUT2D eigenvalue weighted by Gasteiger charge is -2.53. The van der Waals surface area contributed by atoms with Crippen LogP contribution in [0.15, 0.2) is 60.7 Å². The summed E-state index contributed by atoms with van der Waals surface area (Å²) in [4.78, 5) is 41.5. The van der Waals surface area contributed by atoms with Gasteiger partial charge in [0.15, 0.2) is 0 Å². The molecule has 1 aliphatic heterocycles. The first-order valence-electron chi connectivity index (χ1n) is 18.1. The molecule has 48 heavy (non-hydrogen) atoms. The number of cyclic esters (lactones) is 1. The maximum Gasteiger partial charge on any atom is 0.410 e. The molecule has 1 N–H and O–H groups in total. The SMILES string of the molecule is CCC(C)(C)C(=O)O[C@H]1C[C@@H](C)[C@@H](OC(=O)N(Cc2ccccc2)Cc2ccccc2)[C@@H]2CC[C@H](C)[C@H](CC[C@@H]3C[C@@H](O)CC(=O)O3)C12. The zero-order valence-electron chi connectivity index (χ0n) is 29.4. The number of esters is 2. The molecule has 0 spiro atoms. The van der Waals surface area contributed by atoms with Crippen LogP contribution < -0.4 is 0 Å². The summed E-state index contributed by atoms with van der Waals surface area (Å²) < 4.78 is 18.6. The van der Waals surface area contributed by atoms with Crippen LogP contribution in [0.1, 0.15) is 97.1 Å². The molecule has 8 nitrogen and oxygen atoms in total. The summed E-state index contributed by atoms with van der Waals surface area (Å²) in [6, 6.07) is 20.0. The zero-order valence-corrected chi connectivity index (χ0v) is 29.4. The first kappa shape index (κ1) is 35.9. The lowest BCUT2D eigenvalue weighted by atomic mass is 9.57. The van der Waals surface area contributed by atoms with Gasteiger partial charge in [0.05, 0.1) is 17.9 Å². The number of aliphatic hydroxyl groups excluding tert-OH is 1. The molecule has 8 heteroatoms. The molecule has 2 saturated carbocycles. The standard InChI is InChI=1S/C40H55NO7/c1-6-40(4,5)38(44)47-34-21-27(3)37(33-19-17-26(2)32(36(33)34)20-18-31-22-30(42)23-35(43)46-31)48-39(45)41(24-28-13-9-7-10-14-28)25-29-15-11-8-12-16-29/h7-16,26-27,30-34,36-37,42H,6,17-25H2,1-5H3/t26-,27+,30+,31+,32-,33+,34-,36?,37+/m0/s1. The monoisotopic (exact) mass is 661 g/mol. The van der Waals surface area contributed by atoms with Gasteiger partial charge in [-0.25, -0.2) is 4.79 Å². The molecule has 0 aromatic heterocycles. The molecular weight excluding hydrogens is 606 g/mol. The number of aliphatic hydroxyl groups is 1. The quantitative estimate of drug-likeness (QED) is 0.194. The Morgan fingerprint density at radius 2 is 1.52 bits per heavy atom. The summed E-state index contributed by atoms with van der Waals surface area (Å²) in [5, 5.41) is 10.2. The number of rotatable bonds is 11. The van der Waals surface area contributed by atoms with E-state index in [1.165, 1.54) is 0 Å². The van der Waals surface area contributed by atoms with Crippen LogP contribution in [0.4, 0.5) is 4.79 Å². The van der Waals surface area contributed by atoms with E-state index in [9.17, 15) is 19.5 Å². The van der Waals surface area contributed by atoms with Crippen molar-refractivity contribution in [3.05, 3.63) is 71.8 Å². The highest BCUT2D eigenvalue weighted by Crippen LogP contribution is 2.52. The van der Waals surface area contributed by atoms with Gasteiger partial charge in [0.1, 0.15) is 18.3 Å². The Hall–Kier alpha value is -3.39. The van der Waals surface area contributed by atoms with Crippen molar-refractivity contribution < 1.29 is 33.7 Å². The highest BCUT2D eigenvalue weighted by Gasteiger charge is 2.53. The Bertz CT molecular complexity index is 1320. The summed E-state index contributed by atoms with van der Waals surface area (Å²) in [7, 11) is 0. The molecule has 2 aromatic carbocycles. The average molecular weight is 662 g/mol. The molecule has 0 radical (unpaired) electrons. The summed E-state index contributed by atoms with van der Waals surface area (Å²) >= 11 is 0. The highest BCUT2D eigenvalue weighted by molar-refractivity contribution is 5.76. The van der Waals surface area contributed by atoms with Crippen LogP contribution in [0.3, 0.4) is 0 Å². The van der Waals surface area contributed by atoms with E-state index in [4.69, 9.17) is 14.2 Å². The van der Waals surface area contributed by atoms with Crippen molar-refractivity contribution in [2.24, 2.45) is 35.0 Å². The highest BCUT2D eigenvalue weighted by atomic mass is 16.6. The van der Waals surface area contributed by atoms with Crippen LogP contribution in [0.2, 0.25) is 0 Å². The van der Waals surface area contributed by atoms with E-state index in [1.54, 1.807) is 4.90 Å². The fourth-order valence-corrected chi connectivity index (χ4v) is 8.22. The molecule has 1 unspecified atom stereocenters. The van der Waals surface area contributed by atoms with Gasteiger partial charge in [0, 0.05) is 31.3 Å². The van der Waals surface area contributed by atoms with Crippen LogP contribution in [0.5, 0.6) is 0 Å². The third kappa shape index (κ3) is 8.79. The molecule has 262 valence electrons. The topological polar surface area (TPSA) is 102 Å². The van der Waals surface area contributed by atoms with Crippen LogP contribution in [0, 0.1) is 35.0 Å². The second kappa shape index (κ2) is 15.9. The molecule has 5 rings (SSSR count). The summed E-state index contributed by atoms with van der Waals surface area (Å²) in [6.45, 7) is 11.1. The summed E-state index contributed by atoms with van der Waals surface area (Å²) in [6.07, 6.45) is 3.10. The predicted molar refractivity (Wildman–Crippen MR) is 183 cm³/mol. The van der Waals surface area contributed by atoms with Crippen molar-refractivity contribution in [1.29, 1.82) is 0 Å². The Labute approximate surface area is 286 Å². The number of hydrogen-bond acceptors (Lipinski definition) is 7. The number of fused-ring (bicyclic) bond motifs is 1. The smallest absolute Gasteiger partial charge is 0.410 e. The van der Waals surface area contributed by atoms with Gasteiger partial charge >= 0.3 is 18.0 Å². The zero-order chi connectivity index (χ0) is 34.4. The minimum atomic E-state index is -0.674. The molecule has 3 fully saturated rings. The molecule has 9 atom stereocenters. The Morgan fingerprint density at radius 3 is 2.10 bits per heavy atom. The predicted octanol–water partition coefficient (Wildman–Crippen LogP) is 7.71. The summed E-state index contributed by atoms with van der Waals surface area (Å²) in [5.41, 5.74) is 1.47. The average Bonchev–Trinajstić information content (AvgIpc) is 3.06. The van der Waals surface area contributed by atoms with Crippen molar-refractivity contribution in [3.8, 4) is 0 Å². The van der Waals surface area contributed by atoms with Crippen molar-refractivity contribution in [2.45, 2.75) is 123 Å². The van der Waals surface area contributed by atoms with Gasteiger partial charge in [-0.15, -0.1) is 0 Å². The van der Waals surface area contributed by atoms with Crippen molar-refractivity contribution >= 4 is 18.0 Å². The molecule has 0 bridgehead atoms. The molecule has 3 aliphatic rings. The van der Waals surface area contributed by atoms with Crippen molar-refractivity contribution in [3.63, 3.8) is 0 Å². The van der Waals surface area contributed by atoms with E-state index in [2.05, 4.69) is 13.8 Å². The summed E-state index contributed by atoms with van der Waals surface area (Å²) in [5.74, 6) is 0.0226. The maximum atomic E-state index is 14.2. The molecular formula is C40H55NO7. The molecule has 1 amide bonds. The fraction of sp³-hybridized carbons (Fsp3) is 0.625. The van der Waals surface area contributed by atoms with Gasteiger partial charge in [-0.1, -0.05) is 87.9 Å². The van der Waals surface area contributed by atoms with E-state index in [1.807, 2.05) is 81.4 Å². The van der Waals surface area contributed by atoms with E-state index < -0.39 is 11.5 Å². The lowest BCUT2D eigenvalue weighted by Crippen LogP contribution is -2.55. The van der Waals surface area contributed by atoms with Gasteiger partial charge in [-0.3, -0.25) is 14.5 Å². The second-order valence-corrected chi connectivity index (χ2v) is 15.3. The number of benzene rings is 2. The van der Waals surface area contributed by atoms with Crippen molar-refractivity contribution in [2.75, 3.05) is 0 Å². The molecule has 1 heterocycles. The Kier molecular flexibility index (Phi) is 11.9. The molecule has 1 saturated heterocycles. The van der Waals surface area contributed by atoms with Crippen LogP contribution in [-0.2, 0) is 36.9 Å². The largest absolute Gasteiger partial charge is 0.462 e. The fourth-order valence-electron chi connectivity index (χ4n) is 8.22. The Balaban J connectivity index is 1.40. The van der Waals surface area contributed by atoms with E-state index in [0.29, 0.717) is 44.7 Å². The molecule has 2 aliphatic carbocycles. The minimum absolute atomic E-state index is 0.000248.